The van der Waals surface area contributed by atoms with Gasteiger partial charge in [-0.1, -0.05) is 6.08 Å². The first-order valence-corrected chi connectivity index (χ1v) is 13.4. The van der Waals surface area contributed by atoms with Gasteiger partial charge in [0.25, 0.3) is 20.2 Å². The zero-order valence-electron chi connectivity index (χ0n) is 18.2. The van der Waals surface area contributed by atoms with Crippen molar-refractivity contribution in [2.24, 2.45) is 17.3 Å². The fourth-order valence-electron chi connectivity index (χ4n) is 4.55. The van der Waals surface area contributed by atoms with Crippen LogP contribution in [0.4, 0.5) is 26.3 Å². The summed E-state index contributed by atoms with van der Waals surface area (Å²) in [4.78, 5) is 23.9. The maximum atomic E-state index is 12.9. The van der Waals surface area contributed by atoms with Crippen LogP contribution in [-0.4, -0.2) is 73.9 Å². The summed E-state index contributed by atoms with van der Waals surface area (Å²) >= 11 is 0. The minimum absolute atomic E-state index is 0.152. The zero-order valence-corrected chi connectivity index (χ0v) is 19.8. The van der Waals surface area contributed by atoms with E-state index in [1.54, 1.807) is 0 Å². The molecule has 2 bridgehead atoms. The van der Waals surface area contributed by atoms with E-state index in [4.69, 9.17) is 9.11 Å². The molecule has 2 rings (SSSR count). The molecule has 36 heavy (non-hydrogen) atoms. The molecule has 2 fully saturated rings. The molecule has 0 aromatic heterocycles. The number of halogens is 6. The monoisotopic (exact) mass is 576 g/mol. The van der Waals surface area contributed by atoms with Crippen LogP contribution in [0.5, 0.6) is 0 Å². The van der Waals surface area contributed by atoms with Crippen LogP contribution in [0.2, 0.25) is 0 Å². The Morgan fingerprint density at radius 3 is 1.89 bits per heavy atom. The number of carbonyl (C=O) groups excluding carboxylic acids is 2. The van der Waals surface area contributed by atoms with Crippen molar-refractivity contribution in [2.75, 3.05) is 11.5 Å². The predicted molar refractivity (Wildman–Crippen MR) is 106 cm³/mol. The molecule has 0 saturated heterocycles. The molecule has 208 valence electrons. The second-order valence-electron chi connectivity index (χ2n) is 8.85. The van der Waals surface area contributed by atoms with Crippen molar-refractivity contribution in [2.45, 2.75) is 56.7 Å². The molecule has 2 N–H and O–H groups in total. The number of fused-ring (bicyclic) bond motifs is 2. The van der Waals surface area contributed by atoms with Crippen molar-refractivity contribution in [1.82, 2.24) is 0 Å². The van der Waals surface area contributed by atoms with Crippen molar-refractivity contribution in [3.8, 4) is 0 Å². The number of rotatable bonds is 10. The summed E-state index contributed by atoms with van der Waals surface area (Å²) in [7, 11) is -10.2. The smallest absolute Gasteiger partial charge is 0.426 e. The first-order chi connectivity index (χ1) is 16.1. The van der Waals surface area contributed by atoms with Crippen molar-refractivity contribution in [3.63, 3.8) is 0 Å². The number of ether oxygens (including phenoxy) is 2. The maximum absolute atomic E-state index is 12.9. The number of allylic oxidation sites excluding steroid dienone is 1. The average molecular weight is 576 g/mol. The molecule has 2 saturated carbocycles. The van der Waals surface area contributed by atoms with Gasteiger partial charge in [-0.05, 0) is 42.9 Å². The minimum atomic E-state index is -5.28. The van der Waals surface area contributed by atoms with Gasteiger partial charge in [0.15, 0.2) is 0 Å². The van der Waals surface area contributed by atoms with Gasteiger partial charge in [0.1, 0.15) is 11.5 Å². The van der Waals surface area contributed by atoms with Crippen molar-refractivity contribution in [3.05, 3.63) is 12.2 Å². The summed E-state index contributed by atoms with van der Waals surface area (Å²) in [5.74, 6) is -7.42. The molecular formula is C18H22F6O10S2. The van der Waals surface area contributed by atoms with Crippen LogP contribution in [0.1, 0.15) is 32.1 Å². The lowest BCUT2D eigenvalue weighted by Crippen LogP contribution is -2.40. The molecule has 2 aliphatic carbocycles. The normalized spacial score (nSPS) is 26.7. The highest BCUT2D eigenvalue weighted by Gasteiger charge is 2.51. The Morgan fingerprint density at radius 2 is 1.42 bits per heavy atom. The van der Waals surface area contributed by atoms with E-state index in [0.717, 1.165) is 0 Å². The Kier molecular flexibility index (Phi) is 8.80. The van der Waals surface area contributed by atoms with Gasteiger partial charge in [-0.2, -0.15) is 43.2 Å². The second kappa shape index (κ2) is 10.4. The van der Waals surface area contributed by atoms with Crippen LogP contribution in [-0.2, 0) is 39.3 Å². The van der Waals surface area contributed by atoms with E-state index in [1.807, 2.05) is 0 Å². The zero-order chi connectivity index (χ0) is 27.7. The molecule has 0 radical (unpaired) electrons. The van der Waals surface area contributed by atoms with Gasteiger partial charge in [-0.3, -0.25) is 13.9 Å². The molecule has 0 amide bonds. The Bertz CT molecular complexity index is 1080. The molecule has 5 atom stereocenters. The Hall–Kier alpha value is -1.92. The van der Waals surface area contributed by atoms with Gasteiger partial charge in [0.2, 0.25) is 12.2 Å². The van der Waals surface area contributed by atoms with E-state index in [1.165, 1.54) is 6.08 Å². The standard InChI is InChI=1S/C18H22F6O10S2/c19-17(20,21)12(8-35(27,28)29)33-14(25)2-4-16-3-1-10(6-16)11(7-16)5-15(26)34-13(18(22,23)24)9-36(30,31)32/h2,4,10-13H,1,3,5-9H2,(H,27,28,29)(H,30,31,32)/b4-2-. The Balaban J connectivity index is 2.01. The average Bonchev–Trinajstić information content (AvgIpc) is 3.20. The van der Waals surface area contributed by atoms with E-state index in [0.29, 0.717) is 25.3 Å². The van der Waals surface area contributed by atoms with E-state index in [9.17, 15) is 52.8 Å². The third-order valence-corrected chi connectivity index (χ3v) is 7.45. The van der Waals surface area contributed by atoms with E-state index >= 15 is 0 Å². The summed E-state index contributed by atoms with van der Waals surface area (Å²) in [5, 5.41) is 0. The Morgan fingerprint density at radius 1 is 0.917 bits per heavy atom. The summed E-state index contributed by atoms with van der Waals surface area (Å²) in [6, 6.07) is 0. The van der Waals surface area contributed by atoms with Crippen molar-refractivity contribution in [1.29, 1.82) is 0 Å². The maximum Gasteiger partial charge on any atom is 0.426 e. The summed E-state index contributed by atoms with van der Waals surface area (Å²) in [5.41, 5.74) is -0.788. The molecule has 0 aliphatic heterocycles. The topological polar surface area (TPSA) is 161 Å². The van der Waals surface area contributed by atoms with Crippen LogP contribution >= 0.6 is 0 Å². The lowest BCUT2D eigenvalue weighted by molar-refractivity contribution is -0.215. The molecular weight excluding hydrogens is 554 g/mol. The highest BCUT2D eigenvalue weighted by atomic mass is 32.2. The van der Waals surface area contributed by atoms with Crippen LogP contribution in [0, 0.1) is 17.3 Å². The molecule has 0 aromatic carbocycles. The lowest BCUT2D eigenvalue weighted by atomic mass is 9.78. The summed E-state index contributed by atoms with van der Waals surface area (Å²) < 4.78 is 146. The first kappa shape index (κ1) is 30.3. The Labute approximate surface area is 201 Å². The van der Waals surface area contributed by atoms with Crippen molar-refractivity contribution < 1.29 is 71.3 Å². The van der Waals surface area contributed by atoms with Crippen molar-refractivity contribution >= 4 is 32.2 Å². The second-order valence-corrected chi connectivity index (χ2v) is 11.8. The SMILES string of the molecule is O=C(/C=C\C12CCC(C1)C(CC(=O)OC(CS(=O)(=O)O)C(F)(F)F)C2)OC(CS(=O)(=O)O)C(F)(F)F. The van der Waals surface area contributed by atoms with Crippen LogP contribution in [0.3, 0.4) is 0 Å². The van der Waals surface area contributed by atoms with Gasteiger partial charge < -0.3 is 9.47 Å². The van der Waals surface area contributed by atoms with Gasteiger partial charge >= 0.3 is 24.3 Å². The van der Waals surface area contributed by atoms with Crippen LogP contribution in [0.25, 0.3) is 0 Å². The highest BCUT2D eigenvalue weighted by Crippen LogP contribution is 2.58. The molecule has 10 nitrogen and oxygen atoms in total. The quantitative estimate of drug-likeness (QED) is 0.171. The summed E-state index contributed by atoms with van der Waals surface area (Å²) in [6.45, 7) is 0. The van der Waals surface area contributed by atoms with E-state index in [2.05, 4.69) is 9.47 Å². The highest BCUT2D eigenvalue weighted by molar-refractivity contribution is 7.86. The number of carbonyl (C=O) groups is 2. The largest absolute Gasteiger partial charge is 0.451 e. The van der Waals surface area contributed by atoms with E-state index in [-0.39, 0.29) is 12.3 Å². The predicted octanol–water partition coefficient (Wildman–Crippen LogP) is 2.46. The molecule has 0 aromatic rings. The van der Waals surface area contributed by atoms with Crippen LogP contribution in [0.15, 0.2) is 12.2 Å². The lowest BCUT2D eigenvalue weighted by Gasteiger charge is -2.27. The van der Waals surface area contributed by atoms with Gasteiger partial charge in [-0.25, -0.2) is 4.79 Å². The molecule has 0 spiro atoms. The van der Waals surface area contributed by atoms with Gasteiger partial charge in [0, 0.05) is 12.5 Å². The fourth-order valence-corrected chi connectivity index (χ4v) is 5.83. The third kappa shape index (κ3) is 9.19. The van der Waals surface area contributed by atoms with Crippen LogP contribution < -0.4 is 0 Å². The molecule has 18 heteroatoms. The molecule has 5 unspecified atom stereocenters. The number of hydrogen-bond donors (Lipinski definition) is 2. The minimum Gasteiger partial charge on any atom is -0.451 e. The van der Waals surface area contributed by atoms with Gasteiger partial charge in [0.05, 0.1) is 0 Å². The van der Waals surface area contributed by atoms with E-state index < -0.39 is 86.0 Å². The third-order valence-electron chi connectivity index (χ3n) is 6.01. The number of hydrogen-bond acceptors (Lipinski definition) is 8. The summed E-state index contributed by atoms with van der Waals surface area (Å²) in [6.07, 6.45) is -14.0. The molecule has 0 heterocycles. The number of esters is 2. The first-order valence-electron chi connectivity index (χ1n) is 10.2. The molecule has 2 aliphatic rings. The number of alkyl halides is 6. The fraction of sp³-hybridized carbons (Fsp3) is 0.778. The van der Waals surface area contributed by atoms with Gasteiger partial charge in [-0.15, -0.1) is 0 Å².